The maximum absolute atomic E-state index is 14.4. The number of esters is 4. The van der Waals surface area contributed by atoms with E-state index in [4.69, 9.17) is 67.8 Å². The van der Waals surface area contributed by atoms with Crippen molar-refractivity contribution < 1.29 is 71.8 Å². The minimum atomic E-state index is -4.29. The highest BCUT2D eigenvalue weighted by Gasteiger charge is 2.48. The Bertz CT molecular complexity index is 2520. The molecule has 101 heavy (non-hydrogen) atoms. The summed E-state index contributed by atoms with van der Waals surface area (Å²) in [4.78, 5) is 57.8. The molecule has 0 bridgehead atoms. The lowest BCUT2D eigenvalue weighted by atomic mass is 9.91. The number of hydrogen-bond donors (Lipinski definition) is 0. The van der Waals surface area contributed by atoms with E-state index in [9.17, 15) is 52.8 Å². The maximum atomic E-state index is 14.4. The summed E-state index contributed by atoms with van der Waals surface area (Å²) >= 11 is 21.7. The normalized spacial score (nSPS) is 12.9. The van der Waals surface area contributed by atoms with Crippen LogP contribution in [0.2, 0.25) is 0 Å². The monoisotopic (exact) mass is 1650 g/mol. The van der Waals surface area contributed by atoms with Crippen molar-refractivity contribution in [2.45, 2.75) is 385 Å². The molecule has 0 fully saturated rings. The van der Waals surface area contributed by atoms with E-state index in [1.54, 1.807) is 0 Å². The van der Waals surface area contributed by atoms with Crippen molar-refractivity contribution in [1.82, 2.24) is 0 Å². The van der Waals surface area contributed by atoms with Crippen LogP contribution < -0.4 is 0 Å². The molecule has 0 radical (unpaired) electrons. The molecule has 0 aromatic carbocycles. The summed E-state index contributed by atoms with van der Waals surface area (Å²) in [7, 11) is -16.1. The molecule has 592 valence electrons. The van der Waals surface area contributed by atoms with Gasteiger partial charge in [0.1, 0.15) is 67.6 Å². The van der Waals surface area contributed by atoms with Crippen LogP contribution in [0.1, 0.15) is 366 Å². The molecule has 0 N–H and O–H groups in total. The Hall–Kier alpha value is -0.560. The van der Waals surface area contributed by atoms with Crippen LogP contribution in [0.4, 0.5) is 0 Å². The van der Waals surface area contributed by atoms with Crippen molar-refractivity contribution in [2.75, 3.05) is 26.4 Å². The molecule has 0 spiro atoms. The van der Waals surface area contributed by atoms with E-state index >= 15 is 0 Å². The fourth-order valence-corrected chi connectivity index (χ4v) is 26.7. The molecule has 0 aliphatic heterocycles. The van der Waals surface area contributed by atoms with Gasteiger partial charge in [-0.15, -0.1) is 0 Å². The van der Waals surface area contributed by atoms with Crippen molar-refractivity contribution >= 4 is 168 Å². The molecule has 0 atom stereocenters. The zero-order chi connectivity index (χ0) is 76.7. The standard InChI is InChI=1S/C73H132O16S12/c1-13-17-21-25-29-33-37-41-45-49-53-61(90)98(78,79)94-69(5,6)65(74)86-57-73(58-87-66(75)70(7,8)95-99(80,81)62(91)54-50-46-42-38-34-30-26-22-18-14-2,59-88-67(76)71(9,10)96-100(82,83)63(92)55-51-47-43-39-35-31-27-23-19-15-3)60-89-68(77)72(11,12)97-101(84,85)64(93)56-52-48-44-40-36-32-28-24-20-16-4/h13-60H2,1-12H3. The lowest BCUT2D eigenvalue weighted by Crippen LogP contribution is -2.48. The second-order valence-corrected chi connectivity index (χ2v) is 49.8. The predicted molar refractivity (Wildman–Crippen MR) is 445 cm³/mol. The topological polar surface area (TPSA) is 242 Å². The lowest BCUT2D eigenvalue weighted by Gasteiger charge is -2.35. The van der Waals surface area contributed by atoms with E-state index in [1.807, 2.05) is 0 Å². The van der Waals surface area contributed by atoms with Crippen LogP contribution in [0.5, 0.6) is 0 Å². The van der Waals surface area contributed by atoms with Gasteiger partial charge in [-0.2, -0.15) is 0 Å². The molecular formula is C73H132O16S12. The Kier molecular flexibility index (Phi) is 53.8. The second-order valence-electron chi connectivity index (χ2n) is 29.2. The largest absolute Gasteiger partial charge is 0.464 e. The van der Waals surface area contributed by atoms with Gasteiger partial charge in [0, 0.05) is 0 Å². The Labute approximate surface area is 650 Å². The fourth-order valence-electron chi connectivity index (χ4n) is 10.8. The summed E-state index contributed by atoms with van der Waals surface area (Å²) < 4.78 is 126. The highest BCUT2D eigenvalue weighted by Crippen LogP contribution is 2.40. The van der Waals surface area contributed by atoms with E-state index in [0.29, 0.717) is 25.7 Å². The quantitative estimate of drug-likeness (QED) is 0.0181. The summed E-state index contributed by atoms with van der Waals surface area (Å²) in [6, 6.07) is 0. The average Bonchev–Trinajstić information content (AvgIpc) is 0.828. The predicted octanol–water partition coefficient (Wildman–Crippen LogP) is 22.1. The van der Waals surface area contributed by atoms with Gasteiger partial charge < -0.3 is 18.9 Å². The van der Waals surface area contributed by atoms with Gasteiger partial charge in [-0.05, 0) is 150 Å². The molecule has 16 nitrogen and oxygen atoms in total. The second kappa shape index (κ2) is 54.1. The summed E-state index contributed by atoms with van der Waals surface area (Å²) in [5.41, 5.74) is -2.17. The zero-order valence-corrected chi connectivity index (χ0v) is 73.7. The first kappa shape index (κ1) is 100. The van der Waals surface area contributed by atoms with Gasteiger partial charge in [-0.1, -0.05) is 308 Å². The Morgan fingerprint density at radius 1 is 0.248 bits per heavy atom. The Morgan fingerprint density at radius 3 is 0.515 bits per heavy atom. The maximum Gasteiger partial charge on any atom is 0.322 e. The zero-order valence-electron chi connectivity index (χ0n) is 63.9. The molecule has 0 amide bonds. The summed E-state index contributed by atoms with van der Waals surface area (Å²) in [5.74, 6) is -4.57. The highest BCUT2D eigenvalue weighted by molar-refractivity contribution is 8.80. The van der Waals surface area contributed by atoms with Crippen LogP contribution in [0, 0.1) is 5.41 Å². The fraction of sp³-hybridized carbons (Fsp3) is 0.890. The van der Waals surface area contributed by atoms with Crippen LogP contribution in [0.3, 0.4) is 0 Å². The molecule has 0 saturated heterocycles. The molecular weight excluding hydrogens is 1520 g/mol. The molecule has 0 heterocycles. The van der Waals surface area contributed by atoms with Crippen molar-refractivity contribution in [3.63, 3.8) is 0 Å². The Balaban J connectivity index is 7.29. The summed E-state index contributed by atoms with van der Waals surface area (Å²) in [6.07, 6.45) is 41.3. The van der Waals surface area contributed by atoms with E-state index < -0.39 is 110 Å². The molecule has 0 rings (SSSR count). The minimum Gasteiger partial charge on any atom is -0.464 e. The summed E-state index contributed by atoms with van der Waals surface area (Å²) in [6.45, 7) is 15.3. The van der Waals surface area contributed by atoms with Crippen molar-refractivity contribution in [2.24, 2.45) is 5.41 Å². The van der Waals surface area contributed by atoms with Crippen LogP contribution in [0.15, 0.2) is 0 Å². The Morgan fingerprint density at radius 2 is 0.376 bits per heavy atom. The van der Waals surface area contributed by atoms with E-state index in [0.717, 1.165) is 128 Å². The molecule has 0 aromatic rings. The molecule has 0 aromatic heterocycles. The molecule has 28 heteroatoms. The lowest BCUT2D eigenvalue weighted by molar-refractivity contribution is -0.173. The highest BCUT2D eigenvalue weighted by atomic mass is 33.2. The van der Waals surface area contributed by atoms with Crippen molar-refractivity contribution in [1.29, 1.82) is 0 Å². The van der Waals surface area contributed by atoms with Gasteiger partial charge in [0.25, 0.3) is 0 Å². The van der Waals surface area contributed by atoms with Gasteiger partial charge in [-0.3, -0.25) is 19.2 Å². The first-order valence-electron chi connectivity index (χ1n) is 37.9. The smallest absolute Gasteiger partial charge is 0.322 e. The SMILES string of the molecule is CCCCCCCCCCCCC(=S)S(=O)(=O)SC(C)(C)C(=O)OCC(COC(=O)C(C)(C)SS(=O)(=O)C(=S)CCCCCCCCCCCC)(COC(=O)C(C)(C)SS(=O)(=O)C(=S)CCCCCCCCCCCC)COC(=O)C(C)(C)SS(=O)(=O)C(=S)CCCCCCCCCCCC. The summed E-state index contributed by atoms with van der Waals surface area (Å²) in [5, 5.41) is 0. The number of carbonyl (C=O) groups is 4. The number of unbranched alkanes of at least 4 members (excludes halogenated alkanes) is 36. The van der Waals surface area contributed by atoms with Gasteiger partial charge in [0.15, 0.2) is 0 Å². The van der Waals surface area contributed by atoms with E-state index in [2.05, 4.69) is 27.7 Å². The molecule has 0 saturated carbocycles. The van der Waals surface area contributed by atoms with Crippen molar-refractivity contribution in [3.8, 4) is 0 Å². The number of rotatable bonds is 64. The van der Waals surface area contributed by atoms with Gasteiger partial charge in [-0.25, -0.2) is 33.7 Å². The molecule has 0 aliphatic rings. The first-order chi connectivity index (χ1) is 47.3. The van der Waals surface area contributed by atoms with Crippen LogP contribution in [0.25, 0.3) is 0 Å². The minimum absolute atomic E-state index is 0.0841. The third kappa shape index (κ3) is 45.9. The van der Waals surface area contributed by atoms with E-state index in [-0.39, 0.29) is 85.6 Å². The molecule has 0 unspecified atom stereocenters. The third-order valence-corrected chi connectivity index (χ3v) is 38.4. The number of carbonyl (C=O) groups excluding carboxylic acids is 4. The average molecular weight is 1650 g/mol. The van der Waals surface area contributed by atoms with Gasteiger partial charge in [0.2, 0.25) is 35.5 Å². The number of hydrogen-bond acceptors (Lipinski definition) is 24. The number of thiocarbonyl (C=S) groups is 4. The molecule has 0 aliphatic carbocycles. The number of ether oxygens (including phenoxy) is 4. The van der Waals surface area contributed by atoms with E-state index in [1.165, 1.54) is 158 Å². The van der Waals surface area contributed by atoms with Crippen molar-refractivity contribution in [3.05, 3.63) is 0 Å². The van der Waals surface area contributed by atoms with Crippen LogP contribution >= 0.6 is 92.0 Å². The van der Waals surface area contributed by atoms with Crippen LogP contribution in [-0.2, 0) is 73.6 Å². The third-order valence-electron chi connectivity index (χ3n) is 17.3. The van der Waals surface area contributed by atoms with Gasteiger partial charge >= 0.3 is 23.9 Å². The van der Waals surface area contributed by atoms with Gasteiger partial charge in [0.05, 0.1) is 0 Å². The van der Waals surface area contributed by atoms with Crippen LogP contribution in [-0.4, -0.2) is 120 Å². The first-order valence-corrected chi connectivity index (χ1v) is 50.8.